The predicted molar refractivity (Wildman–Crippen MR) is 68.9 cm³/mol. The van der Waals surface area contributed by atoms with Crippen LogP contribution >= 0.6 is 0 Å². The molecule has 1 atom stereocenters. The van der Waals surface area contributed by atoms with E-state index in [2.05, 4.69) is 0 Å². The van der Waals surface area contributed by atoms with Gasteiger partial charge in [-0.3, -0.25) is 9.59 Å². The SMILES string of the molecule is O=C(O)CC(O)CN1CCCc2ccccc2C1=O. The van der Waals surface area contributed by atoms with Crippen LogP contribution in [0, 0.1) is 0 Å². The highest BCUT2D eigenvalue weighted by Crippen LogP contribution is 2.18. The summed E-state index contributed by atoms with van der Waals surface area (Å²) in [6.45, 7) is 0.615. The number of hydrogen-bond acceptors (Lipinski definition) is 3. The van der Waals surface area contributed by atoms with E-state index in [1.165, 1.54) is 0 Å². The number of hydrogen-bond donors (Lipinski definition) is 2. The summed E-state index contributed by atoms with van der Waals surface area (Å²) >= 11 is 0. The summed E-state index contributed by atoms with van der Waals surface area (Å²) < 4.78 is 0. The molecule has 0 radical (unpaired) electrons. The largest absolute Gasteiger partial charge is 0.481 e. The smallest absolute Gasteiger partial charge is 0.306 e. The minimum Gasteiger partial charge on any atom is -0.481 e. The van der Waals surface area contributed by atoms with E-state index in [1.807, 2.05) is 18.2 Å². The van der Waals surface area contributed by atoms with Gasteiger partial charge < -0.3 is 15.1 Å². The van der Waals surface area contributed by atoms with Gasteiger partial charge in [-0.1, -0.05) is 18.2 Å². The molecule has 1 heterocycles. The van der Waals surface area contributed by atoms with E-state index in [0.717, 1.165) is 18.4 Å². The fourth-order valence-electron chi connectivity index (χ4n) is 2.37. The maximum absolute atomic E-state index is 12.3. The zero-order valence-corrected chi connectivity index (χ0v) is 10.6. The van der Waals surface area contributed by atoms with Crippen molar-refractivity contribution in [3.8, 4) is 0 Å². The standard InChI is InChI=1S/C14H17NO4/c16-11(8-13(17)18)9-15-7-3-5-10-4-1-2-6-12(10)14(15)19/h1-2,4,6,11,16H,3,5,7-9H2,(H,17,18). The van der Waals surface area contributed by atoms with Gasteiger partial charge in [0.2, 0.25) is 0 Å². The number of carboxylic acid groups (broad SMARTS) is 1. The van der Waals surface area contributed by atoms with E-state index in [4.69, 9.17) is 5.11 Å². The molecule has 1 unspecified atom stereocenters. The molecule has 0 fully saturated rings. The fraction of sp³-hybridized carbons (Fsp3) is 0.429. The first kappa shape index (κ1) is 13.5. The molecular formula is C14H17NO4. The lowest BCUT2D eigenvalue weighted by Crippen LogP contribution is -2.38. The van der Waals surface area contributed by atoms with Crippen molar-refractivity contribution in [2.24, 2.45) is 0 Å². The minimum absolute atomic E-state index is 0.0689. The zero-order valence-electron chi connectivity index (χ0n) is 10.6. The molecule has 102 valence electrons. The molecule has 1 aliphatic rings. The van der Waals surface area contributed by atoms with Crippen LogP contribution in [0.5, 0.6) is 0 Å². The Morgan fingerprint density at radius 3 is 2.84 bits per heavy atom. The van der Waals surface area contributed by atoms with Crippen molar-refractivity contribution >= 4 is 11.9 Å². The van der Waals surface area contributed by atoms with Crippen LogP contribution in [0.4, 0.5) is 0 Å². The van der Waals surface area contributed by atoms with Crippen molar-refractivity contribution in [3.05, 3.63) is 35.4 Å². The lowest BCUT2D eigenvalue weighted by atomic mass is 10.0. The van der Waals surface area contributed by atoms with Crippen molar-refractivity contribution in [2.75, 3.05) is 13.1 Å². The van der Waals surface area contributed by atoms with E-state index in [9.17, 15) is 14.7 Å². The normalized spacial score (nSPS) is 16.7. The highest BCUT2D eigenvalue weighted by molar-refractivity contribution is 5.96. The molecule has 1 aromatic carbocycles. The first-order valence-corrected chi connectivity index (χ1v) is 6.35. The van der Waals surface area contributed by atoms with Crippen LogP contribution in [-0.4, -0.2) is 46.2 Å². The molecular weight excluding hydrogens is 246 g/mol. The monoisotopic (exact) mass is 263 g/mol. The molecule has 1 aliphatic heterocycles. The molecule has 2 rings (SSSR count). The molecule has 0 aliphatic carbocycles. The quantitative estimate of drug-likeness (QED) is 0.846. The Balaban J connectivity index is 2.11. The number of carboxylic acids is 1. The molecule has 0 aromatic heterocycles. The van der Waals surface area contributed by atoms with Crippen LogP contribution in [0.3, 0.4) is 0 Å². The van der Waals surface area contributed by atoms with Crippen molar-refractivity contribution in [3.63, 3.8) is 0 Å². The Hall–Kier alpha value is -1.88. The number of β-amino-alcohol motifs (C(OH)–C–C–N with tert-alkyl or cyclic N) is 1. The Morgan fingerprint density at radius 1 is 1.37 bits per heavy atom. The van der Waals surface area contributed by atoms with Crippen molar-refractivity contribution in [2.45, 2.75) is 25.4 Å². The summed E-state index contributed by atoms with van der Waals surface area (Å²) in [4.78, 5) is 24.4. The number of amides is 1. The number of benzene rings is 1. The van der Waals surface area contributed by atoms with Crippen LogP contribution in [0.1, 0.15) is 28.8 Å². The van der Waals surface area contributed by atoms with Gasteiger partial charge in [-0.05, 0) is 24.5 Å². The summed E-state index contributed by atoms with van der Waals surface area (Å²) in [6, 6.07) is 7.43. The molecule has 0 saturated carbocycles. The van der Waals surface area contributed by atoms with Gasteiger partial charge in [-0.25, -0.2) is 0 Å². The topological polar surface area (TPSA) is 77.8 Å². The Labute approximate surface area is 111 Å². The summed E-state index contributed by atoms with van der Waals surface area (Å²) in [7, 11) is 0. The number of aryl methyl sites for hydroxylation is 1. The van der Waals surface area contributed by atoms with E-state index in [0.29, 0.717) is 12.1 Å². The molecule has 1 amide bonds. The number of fused-ring (bicyclic) bond motifs is 1. The third-order valence-electron chi connectivity index (χ3n) is 3.25. The maximum Gasteiger partial charge on any atom is 0.306 e. The second-order valence-corrected chi connectivity index (χ2v) is 4.76. The van der Waals surface area contributed by atoms with Gasteiger partial charge in [0.25, 0.3) is 5.91 Å². The lowest BCUT2D eigenvalue weighted by Gasteiger charge is -2.23. The average Bonchev–Trinajstić information content (AvgIpc) is 2.50. The number of carbonyl (C=O) groups excluding carboxylic acids is 1. The molecule has 5 heteroatoms. The molecule has 1 aromatic rings. The maximum atomic E-state index is 12.3. The van der Waals surface area contributed by atoms with Gasteiger partial charge in [-0.15, -0.1) is 0 Å². The van der Waals surface area contributed by atoms with Crippen LogP contribution in [-0.2, 0) is 11.2 Å². The van der Waals surface area contributed by atoms with Gasteiger partial charge in [-0.2, -0.15) is 0 Å². The Morgan fingerprint density at radius 2 is 2.11 bits per heavy atom. The summed E-state index contributed by atoms with van der Waals surface area (Å²) in [5.41, 5.74) is 1.67. The minimum atomic E-state index is -1.06. The van der Waals surface area contributed by atoms with E-state index < -0.39 is 12.1 Å². The number of aliphatic hydroxyl groups is 1. The van der Waals surface area contributed by atoms with Crippen LogP contribution in [0.2, 0.25) is 0 Å². The number of nitrogens with zero attached hydrogens (tertiary/aromatic N) is 1. The first-order chi connectivity index (χ1) is 9.08. The fourth-order valence-corrected chi connectivity index (χ4v) is 2.37. The van der Waals surface area contributed by atoms with Crippen molar-refractivity contribution in [1.29, 1.82) is 0 Å². The highest BCUT2D eigenvalue weighted by atomic mass is 16.4. The van der Waals surface area contributed by atoms with Crippen LogP contribution < -0.4 is 0 Å². The highest BCUT2D eigenvalue weighted by Gasteiger charge is 2.24. The van der Waals surface area contributed by atoms with Crippen molar-refractivity contribution in [1.82, 2.24) is 4.90 Å². The number of aliphatic carboxylic acids is 1. The van der Waals surface area contributed by atoms with Gasteiger partial charge in [0, 0.05) is 18.7 Å². The zero-order chi connectivity index (χ0) is 13.8. The molecule has 0 saturated heterocycles. The molecule has 0 bridgehead atoms. The van der Waals surface area contributed by atoms with E-state index in [1.54, 1.807) is 11.0 Å². The van der Waals surface area contributed by atoms with Gasteiger partial charge in [0.15, 0.2) is 0 Å². The van der Waals surface area contributed by atoms with Gasteiger partial charge in [0.05, 0.1) is 12.5 Å². The summed E-state index contributed by atoms with van der Waals surface area (Å²) in [6.07, 6.45) is 0.285. The molecule has 19 heavy (non-hydrogen) atoms. The first-order valence-electron chi connectivity index (χ1n) is 6.35. The van der Waals surface area contributed by atoms with Crippen LogP contribution in [0.25, 0.3) is 0 Å². The molecule has 5 nitrogen and oxygen atoms in total. The molecule has 0 spiro atoms. The summed E-state index contributed by atoms with van der Waals surface area (Å²) in [5, 5.41) is 18.3. The predicted octanol–water partition coefficient (Wildman–Crippen LogP) is 0.911. The third kappa shape index (κ3) is 3.32. The number of rotatable bonds is 4. The number of carbonyl (C=O) groups is 2. The van der Waals surface area contributed by atoms with Crippen molar-refractivity contribution < 1.29 is 19.8 Å². The third-order valence-corrected chi connectivity index (χ3v) is 3.25. The second kappa shape index (κ2) is 5.84. The second-order valence-electron chi connectivity index (χ2n) is 4.76. The summed E-state index contributed by atoms with van der Waals surface area (Å²) in [5.74, 6) is -1.19. The van der Waals surface area contributed by atoms with Gasteiger partial charge >= 0.3 is 5.97 Å². The Kier molecular flexibility index (Phi) is 4.16. The van der Waals surface area contributed by atoms with E-state index >= 15 is 0 Å². The number of aliphatic hydroxyl groups excluding tert-OH is 1. The molecule has 2 N–H and O–H groups in total. The Bertz CT molecular complexity index is 486. The lowest BCUT2D eigenvalue weighted by molar-refractivity contribution is -0.139. The van der Waals surface area contributed by atoms with Crippen LogP contribution in [0.15, 0.2) is 24.3 Å². The van der Waals surface area contributed by atoms with E-state index in [-0.39, 0.29) is 18.9 Å². The van der Waals surface area contributed by atoms with Gasteiger partial charge in [0.1, 0.15) is 0 Å². The average molecular weight is 263 g/mol.